The van der Waals surface area contributed by atoms with E-state index in [-0.39, 0.29) is 30.8 Å². The third-order valence-corrected chi connectivity index (χ3v) is 4.81. The highest BCUT2D eigenvalue weighted by atomic mass is 35.5. The van der Waals surface area contributed by atoms with Crippen molar-refractivity contribution in [2.45, 2.75) is 19.3 Å². The highest BCUT2D eigenvalue weighted by Gasteiger charge is 2.15. The van der Waals surface area contributed by atoms with E-state index >= 15 is 0 Å². The zero-order valence-corrected chi connectivity index (χ0v) is 17.8. The van der Waals surface area contributed by atoms with Crippen LogP contribution in [0.4, 0.5) is 5.69 Å². The van der Waals surface area contributed by atoms with Crippen molar-refractivity contribution in [2.75, 3.05) is 39.1 Å². The maximum absolute atomic E-state index is 12.3. The summed E-state index contributed by atoms with van der Waals surface area (Å²) < 4.78 is 5.22. The maximum Gasteiger partial charge on any atom is 0.238 e. The van der Waals surface area contributed by atoms with Crippen LogP contribution in [0.2, 0.25) is 5.02 Å². The van der Waals surface area contributed by atoms with E-state index in [9.17, 15) is 9.59 Å². The van der Waals surface area contributed by atoms with Crippen molar-refractivity contribution in [3.63, 3.8) is 0 Å². The van der Waals surface area contributed by atoms with Gasteiger partial charge < -0.3 is 15.4 Å². The lowest BCUT2D eigenvalue weighted by atomic mass is 9.96. The summed E-state index contributed by atoms with van der Waals surface area (Å²) >= 11 is 5.98. The Morgan fingerprint density at radius 1 is 1.10 bits per heavy atom. The average Bonchev–Trinajstić information content (AvgIpc) is 2.69. The first-order valence-corrected chi connectivity index (χ1v) is 9.94. The van der Waals surface area contributed by atoms with E-state index in [1.807, 2.05) is 18.2 Å². The Kier molecular flexibility index (Phi) is 8.96. The molecule has 0 aliphatic carbocycles. The van der Waals surface area contributed by atoms with Crippen molar-refractivity contribution < 1.29 is 14.3 Å². The predicted molar refractivity (Wildman–Crippen MR) is 117 cm³/mol. The number of rotatable bonds is 10. The summed E-state index contributed by atoms with van der Waals surface area (Å²) in [5.74, 6) is 0.422. The lowest BCUT2D eigenvalue weighted by molar-refractivity contribution is -0.123. The molecule has 6 nitrogen and oxygen atoms in total. The largest absolute Gasteiger partial charge is 0.495 e. The fraction of sp³-hybridized carbons (Fsp3) is 0.364. The number of benzene rings is 2. The second-order valence-electron chi connectivity index (χ2n) is 6.89. The molecule has 0 unspecified atom stereocenters. The van der Waals surface area contributed by atoms with Crippen molar-refractivity contribution in [3.8, 4) is 5.75 Å². The van der Waals surface area contributed by atoms with E-state index in [0.29, 0.717) is 23.0 Å². The molecule has 2 rings (SSSR count). The molecule has 0 spiro atoms. The van der Waals surface area contributed by atoms with Crippen LogP contribution in [0, 0.1) is 0 Å². The van der Waals surface area contributed by atoms with E-state index < -0.39 is 0 Å². The Morgan fingerprint density at radius 3 is 2.45 bits per heavy atom. The number of methoxy groups -OCH3 is 1. The molecule has 2 aromatic carbocycles. The first kappa shape index (κ1) is 22.7. The molecule has 0 heterocycles. The molecule has 0 fully saturated rings. The minimum atomic E-state index is -0.253. The zero-order chi connectivity index (χ0) is 21.2. The summed E-state index contributed by atoms with van der Waals surface area (Å²) in [6, 6.07) is 15.1. The fourth-order valence-electron chi connectivity index (χ4n) is 3.03. The van der Waals surface area contributed by atoms with Crippen LogP contribution in [0.15, 0.2) is 48.5 Å². The lowest BCUT2D eigenvalue weighted by Gasteiger charge is -2.19. The molecule has 0 aromatic heterocycles. The molecular weight excluding hydrogens is 390 g/mol. The average molecular weight is 418 g/mol. The Morgan fingerprint density at radius 2 is 1.79 bits per heavy atom. The van der Waals surface area contributed by atoms with Crippen LogP contribution in [0.25, 0.3) is 0 Å². The normalized spacial score (nSPS) is 11.8. The van der Waals surface area contributed by atoms with E-state index in [0.717, 1.165) is 6.42 Å². The molecule has 29 heavy (non-hydrogen) atoms. The minimum Gasteiger partial charge on any atom is -0.495 e. The monoisotopic (exact) mass is 417 g/mol. The van der Waals surface area contributed by atoms with Gasteiger partial charge in [-0.1, -0.05) is 48.9 Å². The van der Waals surface area contributed by atoms with E-state index in [2.05, 4.69) is 29.7 Å². The van der Waals surface area contributed by atoms with Gasteiger partial charge in [-0.05, 0) is 37.2 Å². The van der Waals surface area contributed by atoms with Crippen LogP contribution >= 0.6 is 11.6 Å². The number of nitrogens with zero attached hydrogens (tertiary/aromatic N) is 1. The van der Waals surface area contributed by atoms with Gasteiger partial charge in [-0.15, -0.1) is 0 Å². The third kappa shape index (κ3) is 7.40. The molecule has 1 atom stereocenters. The number of carbonyl (C=O) groups is 2. The van der Waals surface area contributed by atoms with Crippen molar-refractivity contribution in [2.24, 2.45) is 0 Å². The summed E-state index contributed by atoms with van der Waals surface area (Å²) in [4.78, 5) is 26.2. The van der Waals surface area contributed by atoms with Crippen LogP contribution in [0.5, 0.6) is 5.75 Å². The fourth-order valence-corrected chi connectivity index (χ4v) is 3.20. The second kappa shape index (κ2) is 11.4. The molecule has 156 valence electrons. The van der Waals surface area contributed by atoms with Gasteiger partial charge in [-0.3, -0.25) is 14.5 Å². The highest BCUT2D eigenvalue weighted by molar-refractivity contribution is 6.31. The highest BCUT2D eigenvalue weighted by Crippen LogP contribution is 2.27. The summed E-state index contributed by atoms with van der Waals surface area (Å²) in [6.07, 6.45) is 0.935. The number of anilines is 1. The molecule has 0 bridgehead atoms. The third-order valence-electron chi connectivity index (χ3n) is 4.57. The van der Waals surface area contributed by atoms with Gasteiger partial charge in [0.1, 0.15) is 5.75 Å². The molecule has 2 N–H and O–H groups in total. The Labute approximate surface area is 177 Å². The summed E-state index contributed by atoms with van der Waals surface area (Å²) in [7, 11) is 3.25. The van der Waals surface area contributed by atoms with E-state index in [1.54, 1.807) is 30.1 Å². The Bertz CT molecular complexity index is 814. The van der Waals surface area contributed by atoms with Crippen LogP contribution in [-0.2, 0) is 9.59 Å². The van der Waals surface area contributed by atoms with Crippen LogP contribution in [-0.4, -0.2) is 50.5 Å². The molecule has 7 heteroatoms. The van der Waals surface area contributed by atoms with Crippen LogP contribution < -0.4 is 15.4 Å². The van der Waals surface area contributed by atoms with Crippen molar-refractivity contribution in [1.29, 1.82) is 0 Å². The number of hydrogen-bond acceptors (Lipinski definition) is 4. The zero-order valence-electron chi connectivity index (χ0n) is 17.1. The molecule has 0 saturated carbocycles. The predicted octanol–water partition coefficient (Wildman–Crippen LogP) is 3.53. The number of likely N-dealkylation sites (N-methyl/N-ethyl adjacent to an activating group) is 1. The van der Waals surface area contributed by atoms with Gasteiger partial charge in [-0.2, -0.15) is 0 Å². The molecule has 0 aliphatic rings. The minimum absolute atomic E-state index is 0.0684. The quantitative estimate of drug-likeness (QED) is 0.620. The number of hydrogen-bond donors (Lipinski definition) is 2. The summed E-state index contributed by atoms with van der Waals surface area (Å²) in [5.41, 5.74) is 1.70. The Hall–Kier alpha value is -2.57. The van der Waals surface area contributed by atoms with Gasteiger partial charge >= 0.3 is 0 Å². The number of carbonyl (C=O) groups excluding carboxylic acids is 2. The second-order valence-corrected chi connectivity index (χ2v) is 7.32. The number of nitrogens with one attached hydrogen (secondary N) is 2. The van der Waals surface area contributed by atoms with Crippen molar-refractivity contribution >= 4 is 29.1 Å². The SMILES string of the molecule is CC[C@@H](CNC(=O)CN(C)CC(=O)Nc1cc(Cl)ccc1OC)c1ccccc1. The van der Waals surface area contributed by atoms with Gasteiger partial charge in [-0.25, -0.2) is 0 Å². The Balaban J connectivity index is 1.80. The number of halogens is 1. The number of ether oxygens (including phenoxy) is 1. The standard InChI is InChI=1S/C22H28ClN3O3/c1-4-16(17-8-6-5-7-9-17)13-24-21(27)14-26(2)15-22(28)25-19-12-18(23)10-11-20(19)29-3/h5-12,16H,4,13-15H2,1-3H3,(H,24,27)(H,25,28)/t16-/m0/s1. The van der Waals surface area contributed by atoms with Crippen molar-refractivity contribution in [1.82, 2.24) is 10.2 Å². The van der Waals surface area contributed by atoms with Crippen molar-refractivity contribution in [3.05, 3.63) is 59.1 Å². The topological polar surface area (TPSA) is 70.7 Å². The van der Waals surface area contributed by atoms with Gasteiger partial charge in [0.05, 0.1) is 25.9 Å². The van der Waals surface area contributed by atoms with Gasteiger partial charge in [0.25, 0.3) is 0 Å². The smallest absolute Gasteiger partial charge is 0.238 e. The summed E-state index contributed by atoms with van der Waals surface area (Å²) in [5, 5.41) is 6.23. The lowest BCUT2D eigenvalue weighted by Crippen LogP contribution is -2.40. The molecular formula is C22H28ClN3O3. The van der Waals surface area contributed by atoms with Crippen LogP contribution in [0.1, 0.15) is 24.8 Å². The van der Waals surface area contributed by atoms with E-state index in [1.165, 1.54) is 12.7 Å². The van der Waals surface area contributed by atoms with Gasteiger partial charge in [0.15, 0.2) is 0 Å². The first-order valence-electron chi connectivity index (χ1n) is 9.56. The number of amides is 2. The maximum atomic E-state index is 12.3. The molecule has 0 saturated heterocycles. The summed E-state index contributed by atoms with van der Waals surface area (Å²) in [6.45, 7) is 2.87. The van der Waals surface area contributed by atoms with Crippen LogP contribution in [0.3, 0.4) is 0 Å². The van der Waals surface area contributed by atoms with E-state index in [4.69, 9.17) is 16.3 Å². The molecule has 0 radical (unpaired) electrons. The van der Waals surface area contributed by atoms with Gasteiger partial charge in [0.2, 0.25) is 11.8 Å². The molecule has 2 amide bonds. The first-order chi connectivity index (χ1) is 13.9. The van der Waals surface area contributed by atoms with Gasteiger partial charge in [0, 0.05) is 17.5 Å². The molecule has 2 aromatic rings. The molecule has 0 aliphatic heterocycles.